The molecular formula is C22H26FN7O2S. The van der Waals surface area contributed by atoms with Gasteiger partial charge in [-0.2, -0.15) is 10.2 Å². The molecule has 4 atom stereocenters. The summed E-state index contributed by atoms with van der Waals surface area (Å²) in [6.45, 7) is -0.0615. The predicted molar refractivity (Wildman–Crippen MR) is 124 cm³/mol. The molecule has 9 nitrogen and oxygen atoms in total. The van der Waals surface area contributed by atoms with E-state index in [9.17, 15) is 9.50 Å². The molecule has 11 heteroatoms. The largest absolute Gasteiger partial charge is 0.369 e. The van der Waals surface area contributed by atoms with Crippen LogP contribution >= 0.6 is 11.3 Å². The van der Waals surface area contributed by atoms with Crippen LogP contribution in [-0.2, 0) is 18.8 Å². The Morgan fingerprint density at radius 2 is 2.06 bits per heavy atom. The molecule has 1 aliphatic heterocycles. The van der Waals surface area contributed by atoms with Crippen LogP contribution in [-0.4, -0.2) is 48.5 Å². The number of aliphatic hydroxyl groups excluding tert-OH is 1. The highest BCUT2D eigenvalue weighted by Crippen LogP contribution is 2.35. The van der Waals surface area contributed by atoms with Crippen LogP contribution in [0.3, 0.4) is 0 Å². The Morgan fingerprint density at radius 3 is 2.91 bits per heavy atom. The third kappa shape index (κ3) is 4.12. The standard InChI is InChI=1S/C22H26FN7O2S/c1-29-19-12(8-25-29)4-3-5-13(19)22-28-17(11-33-22)21(31)27-16-9-26-30(2)20(16)18-7-6-15(24)14(23)10-32-18/h3-5,8-9,11,14-15,18,21,27,31H,6-7,10,24H2,1-2H3/t14-,15-,18+,21?/m1/s1. The molecule has 3 aromatic heterocycles. The number of rotatable bonds is 5. The number of nitrogens with zero attached hydrogens (tertiary/aromatic N) is 5. The molecule has 1 fully saturated rings. The van der Waals surface area contributed by atoms with Crippen molar-refractivity contribution in [2.75, 3.05) is 11.9 Å². The summed E-state index contributed by atoms with van der Waals surface area (Å²) >= 11 is 1.46. The molecule has 0 saturated carbocycles. The van der Waals surface area contributed by atoms with Crippen molar-refractivity contribution in [1.29, 1.82) is 0 Å². The molecule has 0 spiro atoms. The van der Waals surface area contributed by atoms with Gasteiger partial charge in [0.25, 0.3) is 0 Å². The minimum absolute atomic E-state index is 0.0615. The van der Waals surface area contributed by atoms with Gasteiger partial charge in [-0.05, 0) is 18.9 Å². The Hall–Kier alpha value is -2.86. The van der Waals surface area contributed by atoms with Crippen molar-refractivity contribution in [3.05, 3.63) is 47.4 Å². The highest BCUT2D eigenvalue weighted by Gasteiger charge is 2.30. The average molecular weight is 472 g/mol. The third-order valence-electron chi connectivity index (χ3n) is 6.06. The van der Waals surface area contributed by atoms with Crippen LogP contribution < -0.4 is 11.1 Å². The number of aliphatic hydroxyl groups is 1. The van der Waals surface area contributed by atoms with Crippen LogP contribution in [0.15, 0.2) is 36.0 Å². The molecule has 5 rings (SSSR count). The van der Waals surface area contributed by atoms with Crippen LogP contribution in [0.4, 0.5) is 10.1 Å². The van der Waals surface area contributed by atoms with Crippen molar-refractivity contribution in [3.8, 4) is 10.6 Å². The van der Waals surface area contributed by atoms with Gasteiger partial charge < -0.3 is 20.9 Å². The van der Waals surface area contributed by atoms with Crippen molar-refractivity contribution >= 4 is 27.9 Å². The minimum Gasteiger partial charge on any atom is -0.369 e. The van der Waals surface area contributed by atoms with E-state index in [1.807, 2.05) is 41.5 Å². The van der Waals surface area contributed by atoms with Gasteiger partial charge in [-0.3, -0.25) is 9.36 Å². The Bertz CT molecular complexity index is 1260. The molecule has 1 aromatic carbocycles. The summed E-state index contributed by atoms with van der Waals surface area (Å²) in [6, 6.07) is 5.44. The van der Waals surface area contributed by atoms with Gasteiger partial charge in [-0.1, -0.05) is 12.1 Å². The minimum atomic E-state index is -1.19. The van der Waals surface area contributed by atoms with E-state index in [0.29, 0.717) is 24.2 Å². The van der Waals surface area contributed by atoms with E-state index in [1.165, 1.54) is 11.3 Å². The fourth-order valence-corrected chi connectivity index (χ4v) is 5.12. The van der Waals surface area contributed by atoms with E-state index in [4.69, 9.17) is 10.5 Å². The smallest absolute Gasteiger partial charge is 0.169 e. The number of para-hydroxylation sites is 1. The van der Waals surface area contributed by atoms with Gasteiger partial charge in [0.15, 0.2) is 6.23 Å². The van der Waals surface area contributed by atoms with Gasteiger partial charge in [0.1, 0.15) is 23.0 Å². The van der Waals surface area contributed by atoms with Crippen LogP contribution in [0, 0.1) is 0 Å². The number of thiazole rings is 1. The summed E-state index contributed by atoms with van der Waals surface area (Å²) < 4.78 is 23.3. The number of nitrogens with one attached hydrogen (secondary N) is 1. The first-order valence-electron chi connectivity index (χ1n) is 10.8. The van der Waals surface area contributed by atoms with Gasteiger partial charge in [-0.25, -0.2) is 9.37 Å². The lowest BCUT2D eigenvalue weighted by atomic mass is 10.0. The quantitative estimate of drug-likeness (QED) is 0.383. The van der Waals surface area contributed by atoms with E-state index in [0.717, 1.165) is 27.2 Å². The van der Waals surface area contributed by atoms with Crippen molar-refractivity contribution in [1.82, 2.24) is 24.5 Å². The number of nitrogens with two attached hydrogens (primary N) is 1. The van der Waals surface area contributed by atoms with Crippen molar-refractivity contribution < 1.29 is 14.2 Å². The Morgan fingerprint density at radius 1 is 1.24 bits per heavy atom. The normalized spacial score (nSPS) is 22.4. The number of benzene rings is 1. The van der Waals surface area contributed by atoms with Gasteiger partial charge in [0.2, 0.25) is 0 Å². The maximum Gasteiger partial charge on any atom is 0.169 e. The molecule has 4 heterocycles. The lowest BCUT2D eigenvalue weighted by Crippen LogP contribution is -2.32. The zero-order chi connectivity index (χ0) is 23.1. The molecule has 0 radical (unpaired) electrons. The SMILES string of the molecule is Cn1ncc(NC(O)c2csc(-c3cccc4cnn(C)c34)n2)c1[C@@H]1CC[C@@H](N)[C@H](F)CO1. The second-order valence-electron chi connectivity index (χ2n) is 8.28. The lowest BCUT2D eigenvalue weighted by Gasteiger charge is -2.19. The Labute approximate surface area is 194 Å². The Kier molecular flexibility index (Phi) is 5.87. The number of anilines is 1. The van der Waals surface area contributed by atoms with E-state index >= 15 is 0 Å². The number of ether oxygens (including phenoxy) is 1. The van der Waals surface area contributed by atoms with Crippen molar-refractivity contribution in [3.63, 3.8) is 0 Å². The molecule has 4 N–H and O–H groups in total. The van der Waals surface area contributed by atoms with E-state index < -0.39 is 18.4 Å². The van der Waals surface area contributed by atoms with Crippen LogP contribution in [0.5, 0.6) is 0 Å². The average Bonchev–Trinajstić information content (AvgIpc) is 3.51. The highest BCUT2D eigenvalue weighted by atomic mass is 32.1. The molecule has 0 bridgehead atoms. The van der Waals surface area contributed by atoms with Crippen LogP contribution in [0.1, 0.15) is 36.6 Å². The summed E-state index contributed by atoms with van der Waals surface area (Å²) in [5.41, 5.74) is 9.67. The van der Waals surface area contributed by atoms with E-state index in [1.54, 1.807) is 17.9 Å². The molecule has 1 saturated heterocycles. The molecule has 0 aliphatic carbocycles. The molecule has 0 amide bonds. The van der Waals surface area contributed by atoms with Crippen LogP contribution in [0.2, 0.25) is 0 Å². The van der Waals surface area contributed by atoms with E-state index in [-0.39, 0.29) is 12.7 Å². The second kappa shape index (κ2) is 8.82. The summed E-state index contributed by atoms with van der Waals surface area (Å²) in [7, 11) is 3.69. The summed E-state index contributed by atoms with van der Waals surface area (Å²) in [6.07, 6.45) is 1.92. The topological polar surface area (TPSA) is 116 Å². The van der Waals surface area contributed by atoms with Crippen molar-refractivity contribution in [2.45, 2.75) is 37.4 Å². The lowest BCUT2D eigenvalue weighted by molar-refractivity contribution is 0.0246. The fourth-order valence-electron chi connectivity index (χ4n) is 4.26. The second-order valence-corrected chi connectivity index (χ2v) is 9.14. The number of alkyl halides is 1. The molecular weight excluding hydrogens is 445 g/mol. The first-order chi connectivity index (χ1) is 15.9. The molecule has 174 valence electrons. The number of aryl methyl sites for hydroxylation is 2. The number of fused-ring (bicyclic) bond motifs is 1. The predicted octanol–water partition coefficient (Wildman–Crippen LogP) is 3.05. The number of hydrogen-bond donors (Lipinski definition) is 3. The summed E-state index contributed by atoms with van der Waals surface area (Å²) in [4.78, 5) is 4.67. The molecule has 1 aliphatic rings. The van der Waals surface area contributed by atoms with Crippen LogP contribution in [0.25, 0.3) is 21.5 Å². The van der Waals surface area contributed by atoms with E-state index in [2.05, 4.69) is 20.5 Å². The number of aromatic nitrogens is 5. The number of hydrogen-bond acceptors (Lipinski definition) is 8. The Balaban J connectivity index is 1.38. The monoisotopic (exact) mass is 471 g/mol. The molecule has 33 heavy (non-hydrogen) atoms. The number of halogens is 1. The van der Waals surface area contributed by atoms with Gasteiger partial charge >= 0.3 is 0 Å². The first kappa shape index (κ1) is 22.0. The highest BCUT2D eigenvalue weighted by molar-refractivity contribution is 7.13. The summed E-state index contributed by atoms with van der Waals surface area (Å²) in [5.74, 6) is 0. The maximum atomic E-state index is 14.0. The maximum absolute atomic E-state index is 14.0. The zero-order valence-electron chi connectivity index (χ0n) is 18.3. The molecule has 4 aromatic rings. The van der Waals surface area contributed by atoms with Gasteiger partial charge in [0.05, 0.1) is 35.9 Å². The third-order valence-corrected chi connectivity index (χ3v) is 6.95. The van der Waals surface area contributed by atoms with Crippen molar-refractivity contribution in [2.24, 2.45) is 19.8 Å². The zero-order valence-corrected chi connectivity index (χ0v) is 19.2. The molecule has 1 unspecified atom stereocenters. The summed E-state index contributed by atoms with van der Waals surface area (Å²) in [5, 5.41) is 26.3. The first-order valence-corrected chi connectivity index (χ1v) is 11.6. The van der Waals surface area contributed by atoms with Gasteiger partial charge in [-0.15, -0.1) is 11.3 Å². The van der Waals surface area contributed by atoms with Gasteiger partial charge in [0, 0.05) is 36.5 Å². The fraction of sp³-hybridized carbons (Fsp3) is 0.409.